The Morgan fingerprint density at radius 2 is 2.23 bits per heavy atom. The van der Waals surface area contributed by atoms with Crippen molar-refractivity contribution >= 4 is 10.2 Å². The summed E-state index contributed by atoms with van der Waals surface area (Å²) in [4.78, 5) is 8.10. The van der Waals surface area contributed by atoms with Gasteiger partial charge >= 0.3 is 0 Å². The fourth-order valence-electron chi connectivity index (χ4n) is 1.87. The van der Waals surface area contributed by atoms with Gasteiger partial charge in [0.15, 0.2) is 5.82 Å². The third-order valence-electron chi connectivity index (χ3n) is 3.19. The van der Waals surface area contributed by atoms with E-state index in [1.807, 2.05) is 6.92 Å². The Morgan fingerprint density at radius 3 is 2.91 bits per heavy atom. The van der Waals surface area contributed by atoms with Crippen LogP contribution in [0.3, 0.4) is 0 Å². The van der Waals surface area contributed by atoms with Gasteiger partial charge in [-0.1, -0.05) is 19.4 Å². The third-order valence-corrected chi connectivity index (χ3v) is 4.70. The molecule has 0 unspecified atom stereocenters. The van der Waals surface area contributed by atoms with Crippen LogP contribution in [0.2, 0.25) is 0 Å². The molecule has 2 rings (SSSR count). The van der Waals surface area contributed by atoms with Crippen molar-refractivity contribution in [1.29, 1.82) is 0 Å². The number of nitrogens with one attached hydrogen (secondary N) is 1. The smallest absolute Gasteiger partial charge is 0.237 e. The molecule has 120 valence electrons. The number of pyridine rings is 1. The summed E-state index contributed by atoms with van der Waals surface area (Å²) < 4.78 is 29.7. The average Bonchev–Trinajstić information content (AvgIpc) is 3.05. The van der Waals surface area contributed by atoms with Crippen LogP contribution in [0, 0.1) is 0 Å². The van der Waals surface area contributed by atoms with E-state index in [0.717, 1.165) is 18.4 Å². The molecule has 0 aliphatic carbocycles. The largest absolute Gasteiger partial charge is 0.279 e. The van der Waals surface area contributed by atoms with Gasteiger partial charge in [-0.25, -0.2) is 14.6 Å². The van der Waals surface area contributed by atoms with Gasteiger partial charge in [-0.3, -0.25) is 0 Å². The van der Waals surface area contributed by atoms with Crippen LogP contribution in [0.15, 0.2) is 31.0 Å². The molecule has 0 saturated carbocycles. The van der Waals surface area contributed by atoms with Crippen molar-refractivity contribution in [2.45, 2.75) is 26.3 Å². The molecule has 0 bridgehead atoms. The van der Waals surface area contributed by atoms with E-state index >= 15 is 0 Å². The van der Waals surface area contributed by atoms with E-state index < -0.39 is 10.2 Å². The maximum Gasteiger partial charge on any atom is 0.279 e. The molecule has 0 aliphatic rings. The summed E-state index contributed by atoms with van der Waals surface area (Å²) in [7, 11) is -1.94. The number of unbranched alkanes of at least 4 members (excludes halogenated alkanes) is 1. The van der Waals surface area contributed by atoms with Crippen LogP contribution in [0.4, 0.5) is 0 Å². The minimum atomic E-state index is -3.51. The first-order valence-electron chi connectivity index (χ1n) is 7.04. The number of nitrogens with zero attached hydrogens (tertiary/aromatic N) is 5. The summed E-state index contributed by atoms with van der Waals surface area (Å²) in [6.45, 7) is 2.66. The molecule has 22 heavy (non-hydrogen) atoms. The van der Waals surface area contributed by atoms with E-state index in [1.54, 1.807) is 25.4 Å². The Balaban J connectivity index is 2.09. The van der Waals surface area contributed by atoms with Crippen LogP contribution >= 0.6 is 0 Å². The molecule has 9 heteroatoms. The molecule has 2 aromatic rings. The number of rotatable bonds is 8. The average molecular weight is 324 g/mol. The molecule has 0 fully saturated rings. The number of hydrogen-bond acceptors (Lipinski definition) is 5. The minimum Gasteiger partial charge on any atom is -0.237 e. The molecule has 0 amide bonds. The van der Waals surface area contributed by atoms with Crippen molar-refractivity contribution < 1.29 is 8.42 Å². The lowest BCUT2D eigenvalue weighted by Crippen LogP contribution is -2.38. The highest BCUT2D eigenvalue weighted by Crippen LogP contribution is 2.10. The number of hydrogen-bond donors (Lipinski definition) is 1. The van der Waals surface area contributed by atoms with Crippen molar-refractivity contribution in [1.82, 2.24) is 28.8 Å². The summed E-state index contributed by atoms with van der Waals surface area (Å²) in [6, 6.07) is 3.56. The summed E-state index contributed by atoms with van der Waals surface area (Å²) >= 11 is 0. The summed E-state index contributed by atoms with van der Waals surface area (Å²) in [5.74, 6) is 0.555. The van der Waals surface area contributed by atoms with Gasteiger partial charge in [0, 0.05) is 31.9 Å². The Hall–Kier alpha value is -1.84. The predicted octanol–water partition coefficient (Wildman–Crippen LogP) is 0.729. The molecule has 0 spiro atoms. The van der Waals surface area contributed by atoms with Crippen LogP contribution in [0.5, 0.6) is 0 Å². The minimum absolute atomic E-state index is 0.141. The number of aromatic nitrogens is 4. The highest BCUT2D eigenvalue weighted by Gasteiger charge is 2.17. The Labute approximate surface area is 130 Å². The molecule has 0 aromatic carbocycles. The van der Waals surface area contributed by atoms with E-state index in [4.69, 9.17) is 0 Å². The lowest BCUT2D eigenvalue weighted by Gasteiger charge is -2.17. The molecule has 0 atom stereocenters. The fourth-order valence-corrected chi connectivity index (χ4v) is 2.80. The lowest BCUT2D eigenvalue weighted by atomic mass is 10.2. The van der Waals surface area contributed by atoms with Gasteiger partial charge in [0.1, 0.15) is 12.7 Å². The van der Waals surface area contributed by atoms with E-state index in [9.17, 15) is 8.42 Å². The van der Waals surface area contributed by atoms with Gasteiger partial charge in [-0.05, 0) is 12.5 Å². The second-order valence-corrected chi connectivity index (χ2v) is 6.69. The van der Waals surface area contributed by atoms with E-state index in [1.165, 1.54) is 21.6 Å². The van der Waals surface area contributed by atoms with Gasteiger partial charge in [0.2, 0.25) is 0 Å². The Morgan fingerprint density at radius 1 is 1.41 bits per heavy atom. The predicted molar refractivity (Wildman–Crippen MR) is 82.5 cm³/mol. The molecule has 2 heterocycles. The Bertz CT molecular complexity index is 686. The molecular formula is C13H20N6O2S. The van der Waals surface area contributed by atoms with E-state index in [-0.39, 0.29) is 6.54 Å². The molecule has 0 aliphatic heterocycles. The van der Waals surface area contributed by atoms with Crippen LogP contribution < -0.4 is 4.72 Å². The van der Waals surface area contributed by atoms with Crippen LogP contribution in [-0.4, -0.2) is 46.1 Å². The zero-order valence-electron chi connectivity index (χ0n) is 12.7. The maximum atomic E-state index is 12.2. The van der Waals surface area contributed by atoms with Gasteiger partial charge < -0.3 is 0 Å². The third kappa shape index (κ3) is 4.09. The van der Waals surface area contributed by atoms with Crippen molar-refractivity contribution in [3.8, 4) is 5.82 Å². The first-order chi connectivity index (χ1) is 10.5. The zero-order valence-corrected chi connectivity index (χ0v) is 13.5. The molecule has 0 radical (unpaired) electrons. The van der Waals surface area contributed by atoms with Crippen LogP contribution in [0.25, 0.3) is 5.82 Å². The second kappa shape index (κ2) is 7.43. The molecule has 2 aromatic heterocycles. The van der Waals surface area contributed by atoms with Crippen LogP contribution in [-0.2, 0) is 16.8 Å². The van der Waals surface area contributed by atoms with Crippen molar-refractivity contribution in [3.63, 3.8) is 0 Å². The lowest BCUT2D eigenvalue weighted by molar-refractivity contribution is 0.448. The monoisotopic (exact) mass is 324 g/mol. The van der Waals surface area contributed by atoms with Crippen molar-refractivity contribution in [3.05, 3.63) is 36.5 Å². The van der Waals surface area contributed by atoms with Gasteiger partial charge in [0.05, 0.1) is 0 Å². The zero-order chi connectivity index (χ0) is 16.0. The summed E-state index contributed by atoms with van der Waals surface area (Å²) in [5, 5.41) is 4.02. The highest BCUT2D eigenvalue weighted by molar-refractivity contribution is 7.87. The first-order valence-corrected chi connectivity index (χ1v) is 8.48. The maximum absolute atomic E-state index is 12.2. The van der Waals surface area contributed by atoms with Crippen molar-refractivity contribution in [2.24, 2.45) is 0 Å². The first kappa shape index (κ1) is 16.5. The van der Waals surface area contributed by atoms with Gasteiger partial charge in [0.25, 0.3) is 10.2 Å². The SMILES string of the molecule is CCCCN(C)S(=O)(=O)NCc1cccnc1-n1cncn1. The normalized spacial score (nSPS) is 12.0. The molecule has 8 nitrogen and oxygen atoms in total. The molecule has 0 saturated heterocycles. The summed E-state index contributed by atoms with van der Waals surface area (Å²) in [6.07, 6.45) is 6.32. The Kier molecular flexibility index (Phi) is 5.58. The summed E-state index contributed by atoms with van der Waals surface area (Å²) in [5.41, 5.74) is 0.723. The van der Waals surface area contributed by atoms with Crippen molar-refractivity contribution in [2.75, 3.05) is 13.6 Å². The molecule has 1 N–H and O–H groups in total. The van der Waals surface area contributed by atoms with Crippen LogP contribution in [0.1, 0.15) is 25.3 Å². The second-order valence-electron chi connectivity index (χ2n) is 4.83. The van der Waals surface area contributed by atoms with E-state index in [0.29, 0.717) is 12.4 Å². The standard InChI is InChI=1S/C13H20N6O2S/c1-3-4-8-18(2)22(20,21)17-9-12-6-5-7-15-13(12)19-11-14-10-16-19/h5-7,10-11,17H,3-4,8-9H2,1-2H3. The van der Waals surface area contributed by atoms with Gasteiger partial charge in [-0.2, -0.15) is 22.5 Å². The quantitative estimate of drug-likeness (QED) is 0.772. The molecular weight excluding hydrogens is 304 g/mol. The highest BCUT2D eigenvalue weighted by atomic mass is 32.2. The fraction of sp³-hybridized carbons (Fsp3) is 0.462. The topological polar surface area (TPSA) is 93.0 Å². The van der Waals surface area contributed by atoms with Gasteiger partial charge in [-0.15, -0.1) is 0 Å². The van der Waals surface area contributed by atoms with E-state index in [2.05, 4.69) is 19.8 Å².